The van der Waals surface area contributed by atoms with E-state index in [-0.39, 0.29) is 17.0 Å². The van der Waals surface area contributed by atoms with Crippen molar-refractivity contribution in [2.24, 2.45) is 4.99 Å². The zero-order chi connectivity index (χ0) is 21.4. The minimum Gasteiger partial charge on any atom is -1.00 e. The number of hydrogen-bond acceptors (Lipinski definition) is 3. The molecule has 0 atom stereocenters. The second kappa shape index (κ2) is 17.6. The number of hydrogen-bond donors (Lipinski definition) is 0. The Balaban J connectivity index is 0.00000841. The van der Waals surface area contributed by atoms with Crippen LogP contribution in [0, 0.1) is 0 Å². The van der Waals surface area contributed by atoms with Crippen LogP contribution >= 0.6 is 0 Å². The molecule has 174 valence electrons. The molecule has 0 saturated heterocycles. The average molecular weight is 486 g/mol. The number of likely N-dealkylation sites (N-methyl/N-ethyl adjacent to an activating group) is 1. The van der Waals surface area contributed by atoms with Crippen molar-refractivity contribution in [3.05, 3.63) is 23.8 Å². The summed E-state index contributed by atoms with van der Waals surface area (Å²) in [5.74, 6) is 1.49. The summed E-state index contributed by atoms with van der Waals surface area (Å²) in [6, 6.07) is 5.90. The largest absolute Gasteiger partial charge is 1.00 e. The maximum Gasteiger partial charge on any atom is 0.161 e. The van der Waals surface area contributed by atoms with Crippen LogP contribution < -0.4 is 26.5 Å². The van der Waals surface area contributed by atoms with Gasteiger partial charge in [-0.15, -0.1) is 0 Å². The van der Waals surface area contributed by atoms with Crippen molar-refractivity contribution in [3.8, 4) is 11.5 Å². The van der Waals surface area contributed by atoms with Gasteiger partial charge in [0.05, 0.1) is 47.9 Å². The summed E-state index contributed by atoms with van der Waals surface area (Å²) in [5, 5.41) is 0. The van der Waals surface area contributed by atoms with Gasteiger partial charge >= 0.3 is 0 Å². The normalized spacial score (nSPS) is 11.5. The molecule has 0 heterocycles. The van der Waals surface area contributed by atoms with E-state index in [1.165, 1.54) is 70.8 Å². The van der Waals surface area contributed by atoms with Crippen molar-refractivity contribution in [3.63, 3.8) is 0 Å². The van der Waals surface area contributed by atoms with E-state index in [0.29, 0.717) is 0 Å². The first-order valence-electron chi connectivity index (χ1n) is 11.6. The number of halogens is 1. The topological polar surface area (TPSA) is 30.8 Å². The molecule has 0 N–H and O–H groups in total. The summed E-state index contributed by atoms with van der Waals surface area (Å²) >= 11 is 0. The van der Waals surface area contributed by atoms with Gasteiger partial charge in [0.15, 0.2) is 11.5 Å². The minimum absolute atomic E-state index is 0. The first kappa shape index (κ1) is 28.9. The number of rotatable bonds is 17. The van der Waals surface area contributed by atoms with Crippen molar-refractivity contribution in [2.75, 3.05) is 47.9 Å². The van der Waals surface area contributed by atoms with Gasteiger partial charge in [-0.1, -0.05) is 58.3 Å². The van der Waals surface area contributed by atoms with Crippen molar-refractivity contribution in [1.82, 2.24) is 0 Å². The molecular formula is C25H45BrN2O2. The Morgan fingerprint density at radius 1 is 0.800 bits per heavy atom. The van der Waals surface area contributed by atoms with Crippen molar-refractivity contribution in [2.45, 2.75) is 71.1 Å². The fourth-order valence-electron chi connectivity index (χ4n) is 3.57. The molecule has 0 amide bonds. The van der Waals surface area contributed by atoms with Crippen molar-refractivity contribution in [1.29, 1.82) is 0 Å². The molecule has 1 aromatic rings. The van der Waals surface area contributed by atoms with Crippen molar-refractivity contribution < 1.29 is 30.9 Å². The maximum atomic E-state index is 5.35. The monoisotopic (exact) mass is 484 g/mol. The zero-order valence-corrected chi connectivity index (χ0v) is 21.7. The Kier molecular flexibility index (Phi) is 17.0. The van der Waals surface area contributed by atoms with E-state index < -0.39 is 0 Å². The molecular weight excluding hydrogens is 440 g/mol. The van der Waals surface area contributed by atoms with Crippen LogP contribution in [0.2, 0.25) is 0 Å². The van der Waals surface area contributed by atoms with E-state index in [0.717, 1.165) is 34.6 Å². The molecule has 0 aliphatic carbocycles. The number of ether oxygens (including phenoxy) is 2. The molecule has 0 aliphatic rings. The molecule has 0 bridgehead atoms. The maximum absolute atomic E-state index is 5.35. The van der Waals surface area contributed by atoms with E-state index in [1.807, 2.05) is 24.4 Å². The summed E-state index contributed by atoms with van der Waals surface area (Å²) in [6.45, 7) is 5.44. The second-order valence-corrected chi connectivity index (χ2v) is 8.71. The molecule has 0 spiro atoms. The van der Waals surface area contributed by atoms with Gasteiger partial charge in [-0.05, 0) is 36.6 Å². The van der Waals surface area contributed by atoms with Gasteiger partial charge in [0.1, 0.15) is 0 Å². The smallest absolute Gasteiger partial charge is 0.161 e. The number of nitrogens with zero attached hydrogens (tertiary/aromatic N) is 2. The van der Waals surface area contributed by atoms with Crippen molar-refractivity contribution >= 4 is 6.21 Å². The first-order valence-corrected chi connectivity index (χ1v) is 11.6. The second-order valence-electron chi connectivity index (χ2n) is 8.71. The first-order chi connectivity index (χ1) is 14.0. The zero-order valence-electron chi connectivity index (χ0n) is 20.1. The Morgan fingerprint density at radius 2 is 1.37 bits per heavy atom. The Bertz CT molecular complexity index is 576. The van der Waals surface area contributed by atoms with Gasteiger partial charge in [0.25, 0.3) is 0 Å². The van der Waals surface area contributed by atoms with Crippen LogP contribution in [-0.2, 0) is 0 Å². The molecule has 0 aliphatic heterocycles. The summed E-state index contributed by atoms with van der Waals surface area (Å²) in [4.78, 5) is 4.62. The van der Waals surface area contributed by atoms with Crippen LogP contribution in [0.5, 0.6) is 11.5 Å². The lowest BCUT2D eigenvalue weighted by molar-refractivity contribution is -0.889. The van der Waals surface area contributed by atoms with Crippen LogP contribution in [-0.4, -0.2) is 58.6 Å². The van der Waals surface area contributed by atoms with Gasteiger partial charge in [0, 0.05) is 6.21 Å². The average Bonchev–Trinajstić information content (AvgIpc) is 2.72. The predicted octanol–water partition coefficient (Wildman–Crippen LogP) is 3.12. The molecule has 1 aromatic carbocycles. The van der Waals surface area contributed by atoms with Crippen LogP contribution in [0.1, 0.15) is 76.7 Å². The van der Waals surface area contributed by atoms with E-state index in [9.17, 15) is 0 Å². The van der Waals surface area contributed by atoms with Crippen LogP contribution in [0.15, 0.2) is 23.2 Å². The fraction of sp³-hybridized carbons (Fsp3) is 0.720. The fourth-order valence-corrected chi connectivity index (χ4v) is 3.57. The molecule has 4 nitrogen and oxygen atoms in total. The number of methoxy groups -OCH3 is 2. The van der Waals surface area contributed by atoms with E-state index in [4.69, 9.17) is 9.47 Å². The third-order valence-corrected chi connectivity index (χ3v) is 5.60. The lowest BCUT2D eigenvalue weighted by Crippen LogP contribution is -3.00. The molecule has 30 heavy (non-hydrogen) atoms. The number of aliphatic imine (C=N–C) groups is 1. The number of quaternary nitrogens is 1. The summed E-state index contributed by atoms with van der Waals surface area (Å²) in [7, 11) is 7.95. The van der Waals surface area contributed by atoms with Gasteiger partial charge in [-0.25, -0.2) is 0 Å². The van der Waals surface area contributed by atoms with Gasteiger partial charge in [0.2, 0.25) is 0 Å². The Labute approximate surface area is 196 Å². The Morgan fingerprint density at radius 3 is 1.93 bits per heavy atom. The number of unbranched alkanes of at least 4 members (excludes halogenated alkanes) is 9. The highest BCUT2D eigenvalue weighted by Gasteiger charge is 2.13. The highest BCUT2D eigenvalue weighted by atomic mass is 79.9. The van der Waals surface area contributed by atoms with Gasteiger partial charge < -0.3 is 30.9 Å². The summed E-state index contributed by atoms with van der Waals surface area (Å²) in [5.41, 5.74) is 1.04. The quantitative estimate of drug-likeness (QED) is 0.193. The van der Waals surface area contributed by atoms with Gasteiger partial charge in [-0.3, -0.25) is 4.99 Å². The Hall–Kier alpha value is -1.07. The van der Waals surface area contributed by atoms with Crippen LogP contribution in [0.4, 0.5) is 0 Å². The van der Waals surface area contributed by atoms with E-state index in [1.54, 1.807) is 14.2 Å². The minimum atomic E-state index is 0. The molecule has 1 rings (SSSR count). The number of benzene rings is 1. The third kappa shape index (κ3) is 13.3. The molecule has 0 radical (unpaired) electrons. The third-order valence-electron chi connectivity index (χ3n) is 5.60. The highest BCUT2D eigenvalue weighted by molar-refractivity contribution is 5.80. The van der Waals surface area contributed by atoms with Gasteiger partial charge in [-0.2, -0.15) is 0 Å². The highest BCUT2D eigenvalue weighted by Crippen LogP contribution is 2.26. The van der Waals surface area contributed by atoms with E-state index in [2.05, 4.69) is 26.0 Å². The standard InChI is InChI=1S/C25H45N2O2.BrH/c1-6-7-8-9-10-11-12-13-14-15-19-27(2,3)20-18-26-22-23-16-17-24(28-4)25(21-23)29-5;/h16-17,21-22H,6-15,18-20H2,1-5H3;1H/q+1;/p-1. The molecule has 0 unspecified atom stereocenters. The van der Waals surface area contributed by atoms with E-state index >= 15 is 0 Å². The molecule has 5 heteroatoms. The lowest BCUT2D eigenvalue weighted by Gasteiger charge is -2.29. The lowest BCUT2D eigenvalue weighted by atomic mass is 10.1. The molecule has 0 aromatic heterocycles. The van der Waals surface area contributed by atoms with Crippen LogP contribution in [0.3, 0.4) is 0 Å². The SMILES string of the molecule is CCCCCCCCCCCC[N+](C)(C)CCN=Cc1ccc(OC)c(OC)c1.[Br-]. The molecule has 0 saturated carbocycles. The predicted molar refractivity (Wildman–Crippen MR) is 126 cm³/mol. The summed E-state index contributed by atoms with van der Waals surface area (Å²) < 4.78 is 11.7. The van der Waals surface area contributed by atoms with Crippen LogP contribution in [0.25, 0.3) is 0 Å². The molecule has 0 fully saturated rings. The summed E-state index contributed by atoms with van der Waals surface area (Å²) in [6.07, 6.45) is 15.9.